The van der Waals surface area contributed by atoms with Gasteiger partial charge in [0.2, 0.25) is 0 Å². The van der Waals surface area contributed by atoms with Crippen molar-refractivity contribution in [2.24, 2.45) is 5.92 Å². The Bertz CT molecular complexity index is 355. The molecule has 1 heterocycles. The molecule has 18 heavy (non-hydrogen) atoms. The van der Waals surface area contributed by atoms with Crippen LogP contribution in [0.3, 0.4) is 0 Å². The van der Waals surface area contributed by atoms with E-state index in [9.17, 15) is 5.11 Å². The number of rotatable bonds is 5. The molecule has 1 aromatic heterocycles. The first-order valence-electron chi connectivity index (χ1n) is 7.08. The lowest BCUT2D eigenvalue weighted by molar-refractivity contribution is -0.0726. The lowest BCUT2D eigenvalue weighted by Crippen LogP contribution is -2.32. The minimum absolute atomic E-state index is 0.0200. The van der Waals surface area contributed by atoms with Gasteiger partial charge in [-0.2, -0.15) is 0 Å². The van der Waals surface area contributed by atoms with Crippen LogP contribution in [0.2, 0.25) is 0 Å². The summed E-state index contributed by atoms with van der Waals surface area (Å²) in [5.74, 6) is 0.524. The molecule has 3 heteroatoms. The molecule has 1 N–H and O–H groups in total. The van der Waals surface area contributed by atoms with Crippen molar-refractivity contribution in [3.05, 3.63) is 21.9 Å². The van der Waals surface area contributed by atoms with Crippen LogP contribution < -0.4 is 0 Å². The molecule has 2 rings (SSSR count). The number of hydrogen-bond acceptors (Lipinski definition) is 3. The van der Waals surface area contributed by atoms with E-state index in [0.717, 1.165) is 4.88 Å². The SMILES string of the molecule is CCOC(C1CCCCC1)C(O)c1ccc(C)s1. The molecule has 102 valence electrons. The van der Waals surface area contributed by atoms with Crippen LogP contribution in [0.4, 0.5) is 0 Å². The summed E-state index contributed by atoms with van der Waals surface area (Å²) >= 11 is 1.68. The maximum Gasteiger partial charge on any atom is 0.115 e. The number of thiophene rings is 1. The summed E-state index contributed by atoms with van der Waals surface area (Å²) < 4.78 is 5.86. The van der Waals surface area contributed by atoms with Gasteiger partial charge in [-0.05, 0) is 44.7 Å². The fourth-order valence-electron chi connectivity index (χ4n) is 2.91. The van der Waals surface area contributed by atoms with Crippen LogP contribution in [-0.4, -0.2) is 17.8 Å². The highest BCUT2D eigenvalue weighted by molar-refractivity contribution is 7.12. The zero-order chi connectivity index (χ0) is 13.0. The van der Waals surface area contributed by atoms with Gasteiger partial charge in [0.1, 0.15) is 6.10 Å². The highest BCUT2D eigenvalue weighted by Crippen LogP contribution is 2.36. The summed E-state index contributed by atoms with van der Waals surface area (Å²) in [6.45, 7) is 4.78. The molecule has 2 atom stereocenters. The van der Waals surface area contributed by atoms with Crippen LogP contribution >= 0.6 is 11.3 Å². The summed E-state index contributed by atoms with van der Waals surface area (Å²) in [5.41, 5.74) is 0. The minimum Gasteiger partial charge on any atom is -0.385 e. The molecule has 0 aliphatic heterocycles. The second kappa shape index (κ2) is 6.69. The van der Waals surface area contributed by atoms with Crippen molar-refractivity contribution in [3.8, 4) is 0 Å². The van der Waals surface area contributed by atoms with Gasteiger partial charge in [0, 0.05) is 16.4 Å². The summed E-state index contributed by atoms with van der Waals surface area (Å²) in [4.78, 5) is 2.31. The lowest BCUT2D eigenvalue weighted by atomic mass is 9.83. The van der Waals surface area contributed by atoms with Crippen LogP contribution in [0.1, 0.15) is 54.9 Å². The maximum atomic E-state index is 10.6. The van der Waals surface area contributed by atoms with Crippen molar-refractivity contribution in [1.82, 2.24) is 0 Å². The fraction of sp³-hybridized carbons (Fsp3) is 0.733. The molecule has 2 unspecified atom stereocenters. The molecule has 0 saturated heterocycles. The standard InChI is InChI=1S/C15H24O2S/c1-3-17-15(12-7-5-4-6-8-12)14(16)13-10-9-11(2)18-13/h9-10,12,14-16H,3-8H2,1-2H3. The van der Waals surface area contributed by atoms with E-state index in [0.29, 0.717) is 12.5 Å². The molecular formula is C15H24O2S. The van der Waals surface area contributed by atoms with Gasteiger partial charge in [0.25, 0.3) is 0 Å². The second-order valence-electron chi connectivity index (χ2n) is 5.21. The average molecular weight is 268 g/mol. The third kappa shape index (κ3) is 3.34. The van der Waals surface area contributed by atoms with Crippen molar-refractivity contribution in [2.45, 2.75) is 58.2 Å². The average Bonchev–Trinajstić information content (AvgIpc) is 2.83. The van der Waals surface area contributed by atoms with Crippen molar-refractivity contribution < 1.29 is 9.84 Å². The molecule has 1 saturated carbocycles. The molecule has 1 aromatic rings. The second-order valence-corrected chi connectivity index (χ2v) is 6.53. The van der Waals surface area contributed by atoms with Gasteiger partial charge < -0.3 is 9.84 Å². The van der Waals surface area contributed by atoms with Crippen molar-refractivity contribution in [3.63, 3.8) is 0 Å². The topological polar surface area (TPSA) is 29.5 Å². The van der Waals surface area contributed by atoms with E-state index < -0.39 is 6.10 Å². The number of ether oxygens (including phenoxy) is 1. The van der Waals surface area contributed by atoms with E-state index in [4.69, 9.17) is 4.74 Å². The Morgan fingerprint density at radius 2 is 2.06 bits per heavy atom. The van der Waals surface area contributed by atoms with E-state index in [1.54, 1.807) is 11.3 Å². The Morgan fingerprint density at radius 3 is 2.61 bits per heavy atom. The van der Waals surface area contributed by atoms with Crippen LogP contribution in [0.25, 0.3) is 0 Å². The minimum atomic E-state index is -0.452. The molecular weight excluding hydrogens is 244 g/mol. The zero-order valence-electron chi connectivity index (χ0n) is 11.4. The van der Waals surface area contributed by atoms with Crippen LogP contribution in [0.5, 0.6) is 0 Å². The first kappa shape index (κ1) is 14.0. The van der Waals surface area contributed by atoms with Gasteiger partial charge >= 0.3 is 0 Å². The Kier molecular flexibility index (Phi) is 5.22. The quantitative estimate of drug-likeness (QED) is 0.872. The molecule has 0 radical (unpaired) electrons. The predicted molar refractivity (Wildman–Crippen MR) is 76.0 cm³/mol. The molecule has 1 fully saturated rings. The van der Waals surface area contributed by atoms with Gasteiger partial charge in [-0.1, -0.05) is 19.3 Å². The van der Waals surface area contributed by atoms with Gasteiger partial charge in [0.15, 0.2) is 0 Å². The molecule has 0 aromatic carbocycles. The van der Waals surface area contributed by atoms with Crippen molar-refractivity contribution in [1.29, 1.82) is 0 Å². The largest absolute Gasteiger partial charge is 0.385 e. The first-order chi connectivity index (χ1) is 8.72. The Balaban J connectivity index is 2.08. The third-order valence-corrected chi connectivity index (χ3v) is 4.91. The Labute approximate surface area is 114 Å². The summed E-state index contributed by atoms with van der Waals surface area (Å²) in [5, 5.41) is 10.6. The zero-order valence-corrected chi connectivity index (χ0v) is 12.2. The first-order valence-corrected chi connectivity index (χ1v) is 7.90. The Hall–Kier alpha value is -0.380. The summed E-state index contributed by atoms with van der Waals surface area (Å²) in [6.07, 6.45) is 5.83. The molecule has 0 spiro atoms. The van der Waals surface area contributed by atoms with Crippen LogP contribution in [-0.2, 0) is 4.74 Å². The fourth-order valence-corrected chi connectivity index (χ4v) is 3.81. The van der Waals surface area contributed by atoms with Gasteiger partial charge in [-0.15, -0.1) is 11.3 Å². The lowest BCUT2D eigenvalue weighted by Gasteiger charge is -2.32. The van der Waals surface area contributed by atoms with E-state index in [1.807, 2.05) is 13.0 Å². The summed E-state index contributed by atoms with van der Waals surface area (Å²) in [7, 11) is 0. The third-order valence-electron chi connectivity index (χ3n) is 3.84. The van der Waals surface area contributed by atoms with Crippen LogP contribution in [0, 0.1) is 12.8 Å². The van der Waals surface area contributed by atoms with E-state index in [2.05, 4.69) is 13.0 Å². The highest BCUT2D eigenvalue weighted by atomic mass is 32.1. The molecule has 1 aliphatic rings. The Morgan fingerprint density at radius 1 is 1.33 bits per heavy atom. The number of hydrogen-bond donors (Lipinski definition) is 1. The number of aryl methyl sites for hydroxylation is 1. The van der Waals surface area contributed by atoms with Crippen LogP contribution in [0.15, 0.2) is 12.1 Å². The molecule has 1 aliphatic carbocycles. The van der Waals surface area contributed by atoms with E-state index >= 15 is 0 Å². The normalized spacial score (nSPS) is 20.8. The van der Waals surface area contributed by atoms with Crippen molar-refractivity contribution in [2.75, 3.05) is 6.61 Å². The highest BCUT2D eigenvalue weighted by Gasteiger charge is 2.31. The number of aliphatic hydroxyl groups is 1. The molecule has 0 amide bonds. The van der Waals surface area contributed by atoms with Gasteiger partial charge in [0.05, 0.1) is 6.10 Å². The predicted octanol–water partition coefficient (Wildman–Crippen LogP) is 4.08. The van der Waals surface area contributed by atoms with E-state index in [1.165, 1.54) is 37.0 Å². The maximum absolute atomic E-state index is 10.6. The van der Waals surface area contributed by atoms with Crippen molar-refractivity contribution >= 4 is 11.3 Å². The molecule has 0 bridgehead atoms. The molecule has 2 nitrogen and oxygen atoms in total. The number of aliphatic hydroxyl groups excluding tert-OH is 1. The van der Waals surface area contributed by atoms with Gasteiger partial charge in [-0.3, -0.25) is 0 Å². The van der Waals surface area contributed by atoms with E-state index in [-0.39, 0.29) is 6.10 Å². The summed E-state index contributed by atoms with van der Waals surface area (Å²) in [6, 6.07) is 4.12. The smallest absolute Gasteiger partial charge is 0.115 e. The van der Waals surface area contributed by atoms with Gasteiger partial charge in [-0.25, -0.2) is 0 Å². The monoisotopic (exact) mass is 268 g/mol.